The molecular formula is C14H22ClN3O2S. The van der Waals surface area contributed by atoms with Crippen molar-refractivity contribution in [2.75, 3.05) is 26.2 Å². The predicted molar refractivity (Wildman–Crippen MR) is 87.0 cm³/mol. The van der Waals surface area contributed by atoms with Crippen molar-refractivity contribution in [3.8, 4) is 0 Å². The van der Waals surface area contributed by atoms with E-state index in [1.165, 1.54) is 11.3 Å². The zero-order valence-electron chi connectivity index (χ0n) is 12.1. The normalized spacial score (nSPS) is 18.0. The number of carbonyl (C=O) groups is 2. The second-order valence-electron chi connectivity index (χ2n) is 5.10. The minimum atomic E-state index is -0.112. The van der Waals surface area contributed by atoms with Crippen LogP contribution in [0.3, 0.4) is 0 Å². The third-order valence-corrected chi connectivity index (χ3v) is 4.58. The maximum atomic E-state index is 12.4. The average molecular weight is 332 g/mol. The Kier molecular flexibility index (Phi) is 7.14. The van der Waals surface area contributed by atoms with Crippen LogP contribution in [0.25, 0.3) is 0 Å². The van der Waals surface area contributed by atoms with Crippen molar-refractivity contribution in [3.63, 3.8) is 0 Å². The van der Waals surface area contributed by atoms with Gasteiger partial charge in [0.1, 0.15) is 0 Å². The number of halogens is 1. The van der Waals surface area contributed by atoms with Crippen LogP contribution in [0.15, 0.2) is 11.4 Å². The van der Waals surface area contributed by atoms with Crippen LogP contribution < -0.4 is 11.1 Å². The molecule has 1 fully saturated rings. The second kappa shape index (κ2) is 8.36. The molecule has 7 heteroatoms. The van der Waals surface area contributed by atoms with Crippen molar-refractivity contribution in [3.05, 3.63) is 21.9 Å². The summed E-state index contributed by atoms with van der Waals surface area (Å²) in [6.07, 6.45) is 1.71. The fraction of sp³-hybridized carbons (Fsp3) is 0.571. The number of hydrogen-bond donors (Lipinski definition) is 2. The van der Waals surface area contributed by atoms with Gasteiger partial charge in [0.15, 0.2) is 0 Å². The summed E-state index contributed by atoms with van der Waals surface area (Å²) in [5, 5.41) is 4.74. The number of aryl methyl sites for hydroxylation is 1. The van der Waals surface area contributed by atoms with Gasteiger partial charge in [0.25, 0.3) is 5.91 Å². The Labute approximate surface area is 135 Å². The number of carbonyl (C=O) groups excluding carboxylic acids is 2. The number of rotatable bonds is 4. The lowest BCUT2D eigenvalue weighted by atomic mass is 9.97. The van der Waals surface area contributed by atoms with E-state index in [1.54, 1.807) is 4.90 Å². The lowest BCUT2D eigenvalue weighted by Crippen LogP contribution is -2.46. The Morgan fingerprint density at radius 2 is 2.29 bits per heavy atom. The Morgan fingerprint density at radius 1 is 1.52 bits per heavy atom. The Hall–Kier alpha value is -1.11. The van der Waals surface area contributed by atoms with Crippen LogP contribution in [-0.2, 0) is 4.79 Å². The highest BCUT2D eigenvalue weighted by Gasteiger charge is 2.29. The molecule has 0 radical (unpaired) electrons. The second-order valence-corrected chi connectivity index (χ2v) is 6.02. The van der Waals surface area contributed by atoms with Gasteiger partial charge in [-0.15, -0.1) is 23.7 Å². The molecule has 1 atom stereocenters. The number of amides is 2. The van der Waals surface area contributed by atoms with Crippen LogP contribution in [0.5, 0.6) is 0 Å². The first-order chi connectivity index (χ1) is 9.63. The lowest BCUT2D eigenvalue weighted by molar-refractivity contribution is -0.126. The quantitative estimate of drug-likeness (QED) is 0.875. The molecule has 0 bridgehead atoms. The summed E-state index contributed by atoms with van der Waals surface area (Å²) < 4.78 is 0. The molecule has 3 N–H and O–H groups in total. The van der Waals surface area contributed by atoms with E-state index in [0.717, 1.165) is 29.8 Å². The predicted octanol–water partition coefficient (Wildman–Crippen LogP) is 1.41. The molecular weight excluding hydrogens is 310 g/mol. The number of piperidine rings is 1. The topological polar surface area (TPSA) is 75.4 Å². The van der Waals surface area contributed by atoms with Crippen LogP contribution in [0.1, 0.15) is 28.1 Å². The Morgan fingerprint density at radius 3 is 2.90 bits per heavy atom. The molecule has 1 aromatic heterocycles. The molecule has 118 valence electrons. The largest absolute Gasteiger partial charge is 0.355 e. The van der Waals surface area contributed by atoms with E-state index in [0.29, 0.717) is 19.6 Å². The Bertz CT molecular complexity index is 492. The van der Waals surface area contributed by atoms with Crippen LogP contribution in [0.2, 0.25) is 0 Å². The summed E-state index contributed by atoms with van der Waals surface area (Å²) >= 11 is 1.47. The number of nitrogens with two attached hydrogens (primary N) is 1. The van der Waals surface area contributed by atoms with Gasteiger partial charge >= 0.3 is 0 Å². The summed E-state index contributed by atoms with van der Waals surface area (Å²) in [7, 11) is 0. The number of thiophene rings is 1. The van der Waals surface area contributed by atoms with Gasteiger partial charge in [0.2, 0.25) is 5.91 Å². The van der Waals surface area contributed by atoms with Crippen molar-refractivity contribution in [2.45, 2.75) is 19.8 Å². The van der Waals surface area contributed by atoms with Crippen molar-refractivity contribution >= 4 is 35.6 Å². The molecule has 2 rings (SSSR count). The first-order valence-corrected chi connectivity index (χ1v) is 7.82. The molecule has 0 spiro atoms. The third-order valence-electron chi connectivity index (χ3n) is 3.58. The zero-order chi connectivity index (χ0) is 14.5. The van der Waals surface area contributed by atoms with Gasteiger partial charge in [-0.05, 0) is 36.8 Å². The van der Waals surface area contributed by atoms with Gasteiger partial charge in [-0.1, -0.05) is 0 Å². The molecule has 1 saturated heterocycles. The molecule has 2 heterocycles. The molecule has 1 aromatic rings. The monoisotopic (exact) mass is 331 g/mol. The number of nitrogens with zero attached hydrogens (tertiary/aromatic N) is 1. The summed E-state index contributed by atoms with van der Waals surface area (Å²) in [5.74, 6) is -0.0517. The van der Waals surface area contributed by atoms with Gasteiger partial charge in [-0.2, -0.15) is 0 Å². The summed E-state index contributed by atoms with van der Waals surface area (Å²) in [5.41, 5.74) is 6.39. The number of likely N-dealkylation sites (tertiary alicyclic amines) is 1. The molecule has 0 aromatic carbocycles. The van der Waals surface area contributed by atoms with Gasteiger partial charge in [0, 0.05) is 26.2 Å². The standard InChI is InChI=1S/C14H21N3O2S.ClH/c1-10-4-8-20-12(10)14(19)17-7-2-3-11(9-17)13(18)16-6-5-15;/h4,8,11H,2-3,5-7,9,15H2,1H3,(H,16,18);1H. The van der Waals surface area contributed by atoms with Crippen molar-refractivity contribution in [1.29, 1.82) is 0 Å². The van der Waals surface area contributed by atoms with Crippen LogP contribution in [0, 0.1) is 12.8 Å². The van der Waals surface area contributed by atoms with Crippen LogP contribution in [-0.4, -0.2) is 42.9 Å². The fourth-order valence-corrected chi connectivity index (χ4v) is 3.34. The van der Waals surface area contributed by atoms with E-state index < -0.39 is 0 Å². The maximum Gasteiger partial charge on any atom is 0.264 e. The smallest absolute Gasteiger partial charge is 0.264 e. The van der Waals surface area contributed by atoms with Crippen LogP contribution in [0.4, 0.5) is 0 Å². The Balaban J connectivity index is 0.00000220. The summed E-state index contributed by atoms with van der Waals surface area (Å²) in [6, 6.07) is 1.95. The fourth-order valence-electron chi connectivity index (χ4n) is 2.45. The van der Waals surface area contributed by atoms with E-state index in [2.05, 4.69) is 5.32 Å². The number of hydrogen-bond acceptors (Lipinski definition) is 4. The molecule has 0 aliphatic carbocycles. The highest BCUT2D eigenvalue weighted by atomic mass is 35.5. The molecule has 1 aliphatic heterocycles. The molecule has 0 saturated carbocycles. The first kappa shape index (κ1) is 17.9. The van der Waals surface area contributed by atoms with Crippen molar-refractivity contribution in [2.24, 2.45) is 11.7 Å². The molecule has 1 aliphatic rings. The highest BCUT2D eigenvalue weighted by Crippen LogP contribution is 2.22. The lowest BCUT2D eigenvalue weighted by Gasteiger charge is -2.32. The van der Waals surface area contributed by atoms with E-state index in [9.17, 15) is 9.59 Å². The van der Waals surface area contributed by atoms with Crippen LogP contribution >= 0.6 is 23.7 Å². The van der Waals surface area contributed by atoms with E-state index in [4.69, 9.17) is 5.73 Å². The molecule has 21 heavy (non-hydrogen) atoms. The first-order valence-electron chi connectivity index (χ1n) is 6.94. The number of nitrogens with one attached hydrogen (secondary N) is 1. The van der Waals surface area contributed by atoms with E-state index in [1.807, 2.05) is 18.4 Å². The summed E-state index contributed by atoms with van der Waals surface area (Å²) in [6.45, 7) is 4.12. The van der Waals surface area contributed by atoms with Gasteiger partial charge < -0.3 is 16.0 Å². The van der Waals surface area contributed by atoms with E-state index >= 15 is 0 Å². The third kappa shape index (κ3) is 4.43. The average Bonchev–Trinajstić information content (AvgIpc) is 2.90. The van der Waals surface area contributed by atoms with Gasteiger partial charge in [-0.3, -0.25) is 9.59 Å². The minimum Gasteiger partial charge on any atom is -0.355 e. The zero-order valence-corrected chi connectivity index (χ0v) is 13.8. The molecule has 1 unspecified atom stereocenters. The maximum absolute atomic E-state index is 12.4. The van der Waals surface area contributed by atoms with Crippen molar-refractivity contribution < 1.29 is 9.59 Å². The minimum absolute atomic E-state index is 0. The SMILES string of the molecule is Cc1ccsc1C(=O)N1CCCC(C(=O)NCCN)C1.Cl. The highest BCUT2D eigenvalue weighted by molar-refractivity contribution is 7.12. The van der Waals surface area contributed by atoms with Crippen molar-refractivity contribution in [1.82, 2.24) is 10.2 Å². The van der Waals surface area contributed by atoms with Gasteiger partial charge in [-0.25, -0.2) is 0 Å². The summed E-state index contributed by atoms with van der Waals surface area (Å²) in [4.78, 5) is 27.0. The van der Waals surface area contributed by atoms with E-state index in [-0.39, 0.29) is 30.1 Å². The molecule has 5 nitrogen and oxygen atoms in total. The van der Waals surface area contributed by atoms with Gasteiger partial charge in [0.05, 0.1) is 10.8 Å². The molecule has 2 amide bonds.